The van der Waals surface area contributed by atoms with Crippen molar-refractivity contribution in [2.45, 2.75) is 72.4 Å². The third-order valence-corrected chi connectivity index (χ3v) is 10.6. The maximum absolute atomic E-state index is 14.1. The lowest BCUT2D eigenvalue weighted by Gasteiger charge is -2.37. The van der Waals surface area contributed by atoms with Gasteiger partial charge in [-0.15, -0.1) is 0 Å². The van der Waals surface area contributed by atoms with Crippen LogP contribution in [-0.4, -0.2) is 43.4 Å². The lowest BCUT2D eigenvalue weighted by atomic mass is 10.1. The van der Waals surface area contributed by atoms with E-state index in [9.17, 15) is 8.42 Å². The molecule has 0 saturated heterocycles. The summed E-state index contributed by atoms with van der Waals surface area (Å²) >= 11 is 0. The molecule has 0 atom stereocenters. The van der Waals surface area contributed by atoms with E-state index in [1.165, 1.54) is 27.8 Å². The first-order valence-corrected chi connectivity index (χ1v) is 16.5. The number of hydrogen-bond acceptors (Lipinski definition) is 2. The zero-order valence-corrected chi connectivity index (χ0v) is 28.6. The van der Waals surface area contributed by atoms with Crippen molar-refractivity contribution in [1.82, 2.24) is 4.31 Å². The van der Waals surface area contributed by atoms with Crippen molar-refractivity contribution in [2.75, 3.05) is 26.2 Å². The van der Waals surface area contributed by atoms with Crippen LogP contribution in [0.15, 0.2) is 83.8 Å². The fraction of sp³-hybridized carbons (Fsp3) is 0.389. The monoisotopic (exact) mass is 650 g/mol. The molecule has 0 radical (unpaired) electrons. The van der Waals surface area contributed by atoms with Crippen molar-refractivity contribution < 1.29 is 29.9 Å². The van der Waals surface area contributed by atoms with Gasteiger partial charge in [-0.25, -0.2) is 8.42 Å². The number of rotatable bonds is 13. The fourth-order valence-corrected chi connectivity index (χ4v) is 7.49. The highest BCUT2D eigenvalue weighted by molar-refractivity contribution is 7.89. The van der Waals surface area contributed by atoms with E-state index >= 15 is 0 Å². The number of nitrogens with zero attached hydrogens (tertiary/aromatic N) is 2. The summed E-state index contributed by atoms with van der Waals surface area (Å²) < 4.78 is 30.8. The van der Waals surface area contributed by atoms with E-state index in [2.05, 4.69) is 77.9 Å². The molecule has 0 amide bonds. The van der Waals surface area contributed by atoms with Gasteiger partial charge >= 0.3 is 0 Å². The molecule has 0 heterocycles. The number of hydrogen-bond donors (Lipinski definition) is 0. The van der Waals surface area contributed by atoms with E-state index < -0.39 is 10.0 Å². The molecule has 0 bridgehead atoms. The van der Waals surface area contributed by atoms with Crippen LogP contribution in [-0.2, 0) is 23.1 Å². The average molecular weight is 652 g/mol. The highest BCUT2D eigenvalue weighted by Crippen LogP contribution is 2.25. The zero-order chi connectivity index (χ0) is 29.6. The molecule has 6 heteroatoms. The predicted molar refractivity (Wildman–Crippen MR) is 173 cm³/mol. The molecule has 0 aliphatic rings. The SMILES string of the molecule is CC[N+](CC)(CCCCN(Cc1ccc(C)c(C)c1)S(=O)(=O)c1ccc2ccccc2c1)Cc1cc(C)cc(C)c1.[Br-]. The van der Waals surface area contributed by atoms with Crippen LogP contribution in [0.5, 0.6) is 0 Å². The summed E-state index contributed by atoms with van der Waals surface area (Å²) in [7, 11) is -3.67. The van der Waals surface area contributed by atoms with Gasteiger partial charge in [-0.3, -0.25) is 0 Å². The molecular weight excluding hydrogens is 604 g/mol. The second-order valence-corrected chi connectivity index (χ2v) is 13.8. The number of halogens is 1. The Labute approximate surface area is 264 Å². The van der Waals surface area contributed by atoms with Gasteiger partial charge in [-0.05, 0) is 94.0 Å². The Balaban J connectivity index is 0.00000484. The first-order valence-electron chi connectivity index (χ1n) is 15.0. The summed E-state index contributed by atoms with van der Waals surface area (Å²) in [6.07, 6.45) is 1.80. The topological polar surface area (TPSA) is 37.4 Å². The van der Waals surface area contributed by atoms with Gasteiger partial charge in [0.2, 0.25) is 10.0 Å². The van der Waals surface area contributed by atoms with Gasteiger partial charge in [0.05, 0.1) is 24.5 Å². The molecule has 226 valence electrons. The quantitative estimate of drug-likeness (QED) is 0.149. The minimum absolute atomic E-state index is 0. The maximum atomic E-state index is 14.1. The highest BCUT2D eigenvalue weighted by Gasteiger charge is 2.27. The van der Waals surface area contributed by atoms with Crippen molar-refractivity contribution in [1.29, 1.82) is 0 Å². The summed E-state index contributed by atoms with van der Waals surface area (Å²) in [6, 6.07) is 26.5. The number of sulfonamides is 1. The molecule has 0 fully saturated rings. The highest BCUT2D eigenvalue weighted by atomic mass is 79.9. The van der Waals surface area contributed by atoms with E-state index in [1.807, 2.05) is 36.4 Å². The van der Waals surface area contributed by atoms with Crippen LogP contribution in [0.1, 0.15) is 60.1 Å². The smallest absolute Gasteiger partial charge is 0.243 e. The van der Waals surface area contributed by atoms with Crippen LogP contribution in [0.25, 0.3) is 10.8 Å². The normalized spacial score (nSPS) is 12.1. The molecular formula is C36H47BrN2O2S. The summed E-state index contributed by atoms with van der Waals surface area (Å²) in [6.45, 7) is 18.1. The lowest BCUT2D eigenvalue weighted by Crippen LogP contribution is -3.00. The van der Waals surface area contributed by atoms with E-state index in [0.29, 0.717) is 18.0 Å². The number of fused-ring (bicyclic) bond motifs is 1. The molecule has 0 unspecified atom stereocenters. The van der Waals surface area contributed by atoms with Crippen molar-refractivity contribution in [3.63, 3.8) is 0 Å². The second-order valence-electron chi connectivity index (χ2n) is 11.8. The van der Waals surface area contributed by atoms with Crippen LogP contribution < -0.4 is 17.0 Å². The molecule has 0 spiro atoms. The van der Waals surface area contributed by atoms with E-state index in [0.717, 1.165) is 59.8 Å². The molecule has 0 aromatic heterocycles. The van der Waals surface area contributed by atoms with E-state index in [4.69, 9.17) is 0 Å². The number of benzene rings is 4. The largest absolute Gasteiger partial charge is 1.00 e. The van der Waals surface area contributed by atoms with Gasteiger partial charge in [0, 0.05) is 18.7 Å². The van der Waals surface area contributed by atoms with Crippen LogP contribution >= 0.6 is 0 Å². The minimum atomic E-state index is -3.67. The van der Waals surface area contributed by atoms with E-state index in [-0.39, 0.29) is 17.0 Å². The number of aryl methyl sites for hydroxylation is 4. The maximum Gasteiger partial charge on any atom is 0.243 e. The zero-order valence-electron chi connectivity index (χ0n) is 26.2. The summed E-state index contributed by atoms with van der Waals surface area (Å²) in [4.78, 5) is 0.363. The fourth-order valence-electron chi connectivity index (χ4n) is 5.99. The molecule has 4 rings (SSSR count). The Kier molecular flexibility index (Phi) is 12.0. The van der Waals surface area contributed by atoms with Gasteiger partial charge < -0.3 is 21.5 Å². The molecule has 0 aliphatic heterocycles. The lowest BCUT2D eigenvalue weighted by molar-refractivity contribution is -0.938. The van der Waals surface area contributed by atoms with Crippen LogP contribution in [0.4, 0.5) is 0 Å². The summed E-state index contributed by atoms with van der Waals surface area (Å²) in [5, 5.41) is 1.99. The number of unbranched alkanes of at least 4 members (excludes halogenated alkanes) is 1. The Morgan fingerprint density at radius 1 is 0.690 bits per heavy atom. The Bertz CT molecular complexity index is 1580. The minimum Gasteiger partial charge on any atom is -1.00 e. The third-order valence-electron chi connectivity index (χ3n) is 8.72. The molecule has 4 aromatic carbocycles. The Morgan fingerprint density at radius 3 is 2.00 bits per heavy atom. The molecule has 0 N–H and O–H groups in total. The van der Waals surface area contributed by atoms with Gasteiger partial charge in [0.15, 0.2) is 0 Å². The van der Waals surface area contributed by atoms with Gasteiger partial charge in [-0.1, -0.05) is 77.9 Å². The molecule has 42 heavy (non-hydrogen) atoms. The molecule has 4 aromatic rings. The van der Waals surface area contributed by atoms with Crippen LogP contribution in [0.2, 0.25) is 0 Å². The number of quaternary nitrogens is 1. The summed E-state index contributed by atoms with van der Waals surface area (Å²) in [5.74, 6) is 0. The third kappa shape index (κ3) is 8.31. The molecule has 4 nitrogen and oxygen atoms in total. The Morgan fingerprint density at radius 2 is 1.36 bits per heavy atom. The van der Waals surface area contributed by atoms with Crippen molar-refractivity contribution in [3.05, 3.63) is 112 Å². The van der Waals surface area contributed by atoms with Crippen LogP contribution in [0.3, 0.4) is 0 Å². The van der Waals surface area contributed by atoms with Crippen molar-refractivity contribution in [2.24, 2.45) is 0 Å². The van der Waals surface area contributed by atoms with Crippen molar-refractivity contribution in [3.8, 4) is 0 Å². The van der Waals surface area contributed by atoms with Gasteiger partial charge in [0.1, 0.15) is 6.54 Å². The van der Waals surface area contributed by atoms with Gasteiger partial charge in [-0.2, -0.15) is 4.31 Å². The summed E-state index contributed by atoms with van der Waals surface area (Å²) in [5.41, 5.74) is 7.44. The standard InChI is InChI=1S/C36H47N2O2S.BrH/c1-7-38(8-2,27-33-22-28(3)21-29(4)23-33)20-12-11-19-37(26-32-16-15-30(5)31(6)24-32)41(39,40)36-18-17-34-13-9-10-14-35(34)25-36;/h9-10,13-18,21-25H,7-8,11-12,19-20,26-27H2,1-6H3;1H/q+1;/p-1. The first-order chi connectivity index (χ1) is 19.5. The van der Waals surface area contributed by atoms with Crippen molar-refractivity contribution >= 4 is 20.8 Å². The molecule has 0 aliphatic carbocycles. The van der Waals surface area contributed by atoms with E-state index in [1.54, 1.807) is 10.4 Å². The van der Waals surface area contributed by atoms with Crippen LogP contribution in [0, 0.1) is 27.7 Å². The average Bonchev–Trinajstić information content (AvgIpc) is 2.95. The predicted octanol–water partition coefficient (Wildman–Crippen LogP) is 5.11. The Hall–Kier alpha value is -2.51. The second kappa shape index (κ2) is 14.8. The molecule has 0 saturated carbocycles. The van der Waals surface area contributed by atoms with Gasteiger partial charge in [0.25, 0.3) is 0 Å². The first kappa shape index (κ1) is 34.0.